The lowest BCUT2D eigenvalue weighted by atomic mass is 10.0. The lowest BCUT2D eigenvalue weighted by Crippen LogP contribution is -2.34. The smallest absolute Gasteiger partial charge is 0.145 e. The summed E-state index contributed by atoms with van der Waals surface area (Å²) in [5, 5.41) is 3.26. The highest BCUT2D eigenvalue weighted by atomic mass is 15.2. The summed E-state index contributed by atoms with van der Waals surface area (Å²) in [6, 6.07) is 14.9. The van der Waals surface area contributed by atoms with Gasteiger partial charge in [0.1, 0.15) is 5.84 Å². The number of nitrogens with one attached hydrogen (secondary N) is 1. The van der Waals surface area contributed by atoms with E-state index in [2.05, 4.69) is 86.6 Å². The Labute approximate surface area is 180 Å². The van der Waals surface area contributed by atoms with Gasteiger partial charge < -0.3 is 5.32 Å². The quantitative estimate of drug-likeness (QED) is 0.561. The van der Waals surface area contributed by atoms with E-state index in [0.717, 1.165) is 51.9 Å². The van der Waals surface area contributed by atoms with E-state index in [-0.39, 0.29) is 0 Å². The molecule has 0 saturated carbocycles. The van der Waals surface area contributed by atoms with E-state index >= 15 is 0 Å². The molecule has 0 amide bonds. The van der Waals surface area contributed by atoms with Crippen LogP contribution in [0.25, 0.3) is 0 Å². The maximum atomic E-state index is 5.03. The first kappa shape index (κ1) is 21.4. The van der Waals surface area contributed by atoms with Crippen molar-refractivity contribution in [2.24, 2.45) is 4.99 Å². The van der Waals surface area contributed by atoms with Gasteiger partial charge in [0.25, 0.3) is 0 Å². The molecule has 154 valence electrons. The second-order valence-corrected chi connectivity index (χ2v) is 7.67. The number of hydrogen-bond donors (Lipinski definition) is 1. The van der Waals surface area contributed by atoms with E-state index in [0.29, 0.717) is 0 Å². The molecule has 0 bridgehead atoms. The van der Waals surface area contributed by atoms with Gasteiger partial charge in [0.15, 0.2) is 0 Å². The second kappa shape index (κ2) is 9.00. The highest BCUT2D eigenvalue weighted by molar-refractivity contribution is 6.14. The van der Waals surface area contributed by atoms with Crippen molar-refractivity contribution < 1.29 is 0 Å². The van der Waals surface area contributed by atoms with Crippen LogP contribution in [0.15, 0.2) is 95.4 Å². The highest BCUT2D eigenvalue weighted by Crippen LogP contribution is 2.33. The molecular weight excluding hydrogens is 366 g/mol. The number of aliphatic imine (C=N–C) groups is 1. The van der Waals surface area contributed by atoms with Crippen LogP contribution in [0, 0.1) is 6.92 Å². The highest BCUT2D eigenvalue weighted by Gasteiger charge is 2.25. The van der Waals surface area contributed by atoms with Crippen molar-refractivity contribution >= 4 is 17.2 Å². The third-order valence-electron chi connectivity index (χ3n) is 5.32. The summed E-state index contributed by atoms with van der Waals surface area (Å²) >= 11 is 0. The largest absolute Gasteiger partial charge is 0.360 e. The molecule has 0 saturated heterocycles. The lowest BCUT2D eigenvalue weighted by Gasteiger charge is -2.33. The number of rotatable bonds is 6. The molecule has 0 aromatic heterocycles. The fourth-order valence-corrected chi connectivity index (χ4v) is 3.65. The molecule has 3 heteroatoms. The standard InChI is InChI=1S/C27H31N3/c1-8-10-26-20(6)21(7)30(25-16-13-22(9-2)19(5)17-25)27(29-26)23-11-14-24(15-12-23)28-18(3)4/h8,10-17,28H,3,7,9H2,1-2,4-6H3/b10-8-. The number of benzene rings is 2. The molecule has 2 aromatic rings. The molecule has 0 unspecified atom stereocenters. The Bertz CT molecular complexity index is 1070. The Balaban J connectivity index is 2.12. The molecule has 1 heterocycles. The second-order valence-electron chi connectivity index (χ2n) is 7.67. The molecule has 1 N–H and O–H groups in total. The van der Waals surface area contributed by atoms with Gasteiger partial charge in [0.2, 0.25) is 0 Å². The molecule has 3 nitrogen and oxygen atoms in total. The van der Waals surface area contributed by atoms with Crippen LogP contribution in [0.1, 0.15) is 44.4 Å². The Hall–Kier alpha value is -3.33. The van der Waals surface area contributed by atoms with Gasteiger partial charge in [-0.3, -0.25) is 4.90 Å². The van der Waals surface area contributed by atoms with E-state index < -0.39 is 0 Å². The van der Waals surface area contributed by atoms with Crippen LogP contribution in [0.3, 0.4) is 0 Å². The zero-order chi connectivity index (χ0) is 21.8. The fraction of sp³-hybridized carbons (Fsp3) is 0.222. The molecule has 1 aliphatic heterocycles. The molecule has 3 rings (SSSR count). The van der Waals surface area contributed by atoms with Crippen molar-refractivity contribution in [2.75, 3.05) is 10.2 Å². The summed E-state index contributed by atoms with van der Waals surface area (Å²) in [4.78, 5) is 7.19. The lowest BCUT2D eigenvalue weighted by molar-refractivity contribution is 1.08. The summed E-state index contributed by atoms with van der Waals surface area (Å²) in [6.45, 7) is 18.7. The zero-order valence-electron chi connectivity index (χ0n) is 18.7. The monoisotopic (exact) mass is 397 g/mol. The first-order valence-corrected chi connectivity index (χ1v) is 10.4. The van der Waals surface area contributed by atoms with Crippen LogP contribution in [-0.4, -0.2) is 5.84 Å². The number of hydrogen-bond acceptors (Lipinski definition) is 3. The Morgan fingerprint density at radius 2 is 1.83 bits per heavy atom. The molecule has 0 aliphatic carbocycles. The fourth-order valence-electron chi connectivity index (χ4n) is 3.65. The maximum absolute atomic E-state index is 5.03. The zero-order valence-corrected chi connectivity index (χ0v) is 18.7. The number of aryl methyl sites for hydroxylation is 2. The first-order valence-electron chi connectivity index (χ1n) is 10.4. The molecule has 0 fully saturated rings. The normalized spacial score (nSPS) is 14.4. The molecule has 1 aliphatic rings. The molecule has 0 radical (unpaired) electrons. The van der Waals surface area contributed by atoms with Gasteiger partial charge in [-0.25, -0.2) is 4.99 Å². The van der Waals surface area contributed by atoms with Gasteiger partial charge in [-0.05, 0) is 93.3 Å². The predicted octanol–water partition coefficient (Wildman–Crippen LogP) is 7.13. The van der Waals surface area contributed by atoms with Gasteiger partial charge in [-0.15, -0.1) is 0 Å². The van der Waals surface area contributed by atoms with Crippen LogP contribution in [0.2, 0.25) is 0 Å². The third kappa shape index (κ3) is 4.30. The van der Waals surface area contributed by atoms with Crippen molar-refractivity contribution in [1.82, 2.24) is 0 Å². The van der Waals surface area contributed by atoms with Crippen molar-refractivity contribution in [1.29, 1.82) is 0 Å². The first-order chi connectivity index (χ1) is 14.3. The van der Waals surface area contributed by atoms with Gasteiger partial charge >= 0.3 is 0 Å². The van der Waals surface area contributed by atoms with E-state index in [1.807, 2.05) is 26.0 Å². The number of amidine groups is 1. The van der Waals surface area contributed by atoms with Crippen molar-refractivity contribution in [2.45, 2.75) is 41.0 Å². The van der Waals surface area contributed by atoms with Gasteiger partial charge in [0.05, 0.1) is 5.70 Å². The summed E-state index contributed by atoms with van der Waals surface area (Å²) < 4.78 is 0. The van der Waals surface area contributed by atoms with Crippen LogP contribution in [-0.2, 0) is 6.42 Å². The minimum absolute atomic E-state index is 0.879. The molecule has 2 aromatic carbocycles. The predicted molar refractivity (Wildman–Crippen MR) is 131 cm³/mol. The van der Waals surface area contributed by atoms with Crippen molar-refractivity contribution in [3.05, 3.63) is 107 Å². The van der Waals surface area contributed by atoms with Gasteiger partial charge in [0, 0.05) is 28.3 Å². The minimum Gasteiger partial charge on any atom is -0.360 e. The van der Waals surface area contributed by atoms with E-state index in [4.69, 9.17) is 4.99 Å². The Morgan fingerprint density at radius 1 is 1.13 bits per heavy atom. The van der Waals surface area contributed by atoms with Gasteiger partial charge in [-0.1, -0.05) is 32.2 Å². The molecule has 0 atom stereocenters. The van der Waals surface area contributed by atoms with Crippen molar-refractivity contribution in [3.63, 3.8) is 0 Å². The van der Waals surface area contributed by atoms with Crippen molar-refractivity contribution in [3.8, 4) is 0 Å². The average molecular weight is 398 g/mol. The topological polar surface area (TPSA) is 27.6 Å². The van der Waals surface area contributed by atoms with E-state index in [1.54, 1.807) is 0 Å². The number of anilines is 2. The number of allylic oxidation sites excluding steroid dienone is 4. The summed E-state index contributed by atoms with van der Waals surface area (Å²) in [7, 11) is 0. The van der Waals surface area contributed by atoms with Crippen LogP contribution < -0.4 is 10.2 Å². The minimum atomic E-state index is 0.879. The van der Waals surface area contributed by atoms with E-state index in [1.165, 1.54) is 11.1 Å². The van der Waals surface area contributed by atoms with E-state index in [9.17, 15) is 0 Å². The maximum Gasteiger partial charge on any atom is 0.145 e. The molecule has 30 heavy (non-hydrogen) atoms. The summed E-state index contributed by atoms with van der Waals surface area (Å²) in [5.74, 6) is 0.879. The Kier molecular flexibility index (Phi) is 6.41. The number of nitrogens with zero attached hydrogens (tertiary/aromatic N) is 2. The van der Waals surface area contributed by atoms with Crippen LogP contribution in [0.4, 0.5) is 11.4 Å². The van der Waals surface area contributed by atoms with Crippen LogP contribution in [0.5, 0.6) is 0 Å². The van der Waals surface area contributed by atoms with Crippen LogP contribution >= 0.6 is 0 Å². The molecule has 0 spiro atoms. The summed E-state index contributed by atoms with van der Waals surface area (Å²) in [5.41, 5.74) is 9.65. The third-order valence-corrected chi connectivity index (χ3v) is 5.32. The summed E-state index contributed by atoms with van der Waals surface area (Å²) in [6.07, 6.45) is 5.08. The van der Waals surface area contributed by atoms with Gasteiger partial charge in [-0.2, -0.15) is 0 Å². The SMILES string of the molecule is C=C(C)Nc1ccc(C2=NC(/C=C\C)=C(C)C(=C)N2c2ccc(CC)c(C)c2)cc1. The molecular formula is C27H31N3. The average Bonchev–Trinajstić information content (AvgIpc) is 2.71. The Morgan fingerprint density at radius 3 is 2.40 bits per heavy atom.